The molecule has 0 radical (unpaired) electrons. The second-order valence-electron chi connectivity index (χ2n) is 6.59. The van der Waals surface area contributed by atoms with Gasteiger partial charge in [0.15, 0.2) is 0 Å². The van der Waals surface area contributed by atoms with Gasteiger partial charge in [-0.2, -0.15) is 0 Å². The Hall–Kier alpha value is -1.98. The number of likely N-dealkylation sites (tertiary alicyclic amines) is 1. The Morgan fingerprint density at radius 2 is 2.00 bits per heavy atom. The average Bonchev–Trinajstić information content (AvgIpc) is 2.45. The van der Waals surface area contributed by atoms with Crippen LogP contribution in [0.15, 0.2) is 12.3 Å². The van der Waals surface area contributed by atoms with Crippen molar-refractivity contribution in [2.45, 2.75) is 45.1 Å². The highest BCUT2D eigenvalue weighted by atomic mass is 16.6. The van der Waals surface area contributed by atoms with Crippen LogP contribution in [0.3, 0.4) is 0 Å². The lowest BCUT2D eigenvalue weighted by molar-refractivity contribution is 0.0204. The SMILES string of the molecule is COc1cc(N)ncc1C1CCN(C(=O)OC(C)(C)C)CC1. The van der Waals surface area contributed by atoms with E-state index in [1.807, 2.05) is 20.8 Å². The van der Waals surface area contributed by atoms with Crippen molar-refractivity contribution < 1.29 is 14.3 Å². The first-order valence-corrected chi connectivity index (χ1v) is 7.57. The number of nitrogen functional groups attached to an aromatic ring is 1. The van der Waals surface area contributed by atoms with Crippen molar-refractivity contribution in [3.05, 3.63) is 17.8 Å². The molecule has 1 aromatic rings. The Morgan fingerprint density at radius 3 is 2.55 bits per heavy atom. The van der Waals surface area contributed by atoms with Crippen LogP contribution in [0.4, 0.5) is 10.6 Å². The molecule has 1 amide bonds. The number of hydrogen-bond acceptors (Lipinski definition) is 5. The molecule has 6 nitrogen and oxygen atoms in total. The molecule has 0 aliphatic carbocycles. The summed E-state index contributed by atoms with van der Waals surface area (Å²) in [5.74, 6) is 1.54. The standard InChI is InChI=1S/C16H25N3O3/c1-16(2,3)22-15(20)19-7-5-11(6-8-19)12-10-18-14(17)9-13(12)21-4/h9-11H,5-8H2,1-4H3,(H2,17,18). The molecule has 1 aromatic heterocycles. The third-order valence-corrected chi connectivity index (χ3v) is 3.72. The number of nitrogens with two attached hydrogens (primary N) is 1. The van der Waals surface area contributed by atoms with Crippen molar-refractivity contribution in [1.29, 1.82) is 0 Å². The molecule has 122 valence electrons. The van der Waals surface area contributed by atoms with Crippen molar-refractivity contribution >= 4 is 11.9 Å². The Morgan fingerprint density at radius 1 is 1.36 bits per heavy atom. The van der Waals surface area contributed by atoms with Crippen LogP contribution in [0, 0.1) is 0 Å². The first-order valence-electron chi connectivity index (χ1n) is 7.57. The van der Waals surface area contributed by atoms with Gasteiger partial charge in [0, 0.05) is 30.9 Å². The number of nitrogens with zero attached hydrogens (tertiary/aromatic N) is 2. The number of anilines is 1. The zero-order valence-electron chi connectivity index (χ0n) is 13.8. The van der Waals surface area contributed by atoms with Gasteiger partial charge in [0.2, 0.25) is 0 Å². The summed E-state index contributed by atoms with van der Waals surface area (Å²) in [7, 11) is 1.63. The first-order chi connectivity index (χ1) is 10.3. The molecule has 0 saturated carbocycles. The maximum atomic E-state index is 12.1. The fourth-order valence-corrected chi connectivity index (χ4v) is 2.65. The molecule has 0 spiro atoms. The summed E-state index contributed by atoms with van der Waals surface area (Å²) in [6, 6.07) is 1.75. The maximum absolute atomic E-state index is 12.1. The van der Waals surface area contributed by atoms with E-state index in [9.17, 15) is 4.79 Å². The van der Waals surface area contributed by atoms with Gasteiger partial charge in [0.05, 0.1) is 7.11 Å². The number of pyridine rings is 1. The van der Waals surface area contributed by atoms with Crippen LogP contribution < -0.4 is 10.5 Å². The van der Waals surface area contributed by atoms with E-state index in [1.165, 1.54) is 0 Å². The summed E-state index contributed by atoms with van der Waals surface area (Å²) in [5, 5.41) is 0. The van der Waals surface area contributed by atoms with E-state index in [4.69, 9.17) is 15.2 Å². The molecule has 6 heteroatoms. The predicted octanol–water partition coefficient (Wildman–Crippen LogP) is 2.79. The van der Waals surface area contributed by atoms with E-state index < -0.39 is 5.60 Å². The van der Waals surface area contributed by atoms with Gasteiger partial charge in [0.25, 0.3) is 0 Å². The van der Waals surface area contributed by atoms with Gasteiger partial charge in [0.1, 0.15) is 17.2 Å². The van der Waals surface area contributed by atoms with Crippen LogP contribution in [0.1, 0.15) is 45.1 Å². The van der Waals surface area contributed by atoms with Gasteiger partial charge in [-0.05, 0) is 39.5 Å². The molecule has 0 bridgehead atoms. The molecule has 2 heterocycles. The molecule has 0 atom stereocenters. The topological polar surface area (TPSA) is 77.7 Å². The molecule has 0 aromatic carbocycles. The Kier molecular flexibility index (Phi) is 4.78. The number of rotatable bonds is 2. The molecule has 0 unspecified atom stereocenters. The first kappa shape index (κ1) is 16.4. The van der Waals surface area contributed by atoms with Gasteiger partial charge in [-0.1, -0.05) is 0 Å². The van der Waals surface area contributed by atoms with Gasteiger partial charge in [-0.3, -0.25) is 0 Å². The molecule has 2 rings (SSSR count). The summed E-state index contributed by atoms with van der Waals surface area (Å²) in [5.41, 5.74) is 6.29. The van der Waals surface area contributed by atoms with Crippen molar-refractivity contribution in [2.24, 2.45) is 0 Å². The number of methoxy groups -OCH3 is 1. The minimum absolute atomic E-state index is 0.242. The fraction of sp³-hybridized carbons (Fsp3) is 0.625. The molecule has 1 fully saturated rings. The number of carbonyl (C=O) groups excluding carboxylic acids is 1. The van der Waals surface area contributed by atoms with E-state index in [1.54, 1.807) is 24.3 Å². The molecule has 22 heavy (non-hydrogen) atoms. The van der Waals surface area contributed by atoms with Crippen molar-refractivity contribution in [2.75, 3.05) is 25.9 Å². The minimum Gasteiger partial charge on any atom is -0.496 e. The molecule has 1 aliphatic heterocycles. The van der Waals surface area contributed by atoms with Gasteiger partial charge in [-0.15, -0.1) is 0 Å². The molecule has 1 aliphatic rings. The number of aromatic nitrogens is 1. The van der Waals surface area contributed by atoms with E-state index in [0.717, 1.165) is 24.2 Å². The van der Waals surface area contributed by atoms with Crippen LogP contribution in [-0.4, -0.2) is 41.8 Å². The summed E-state index contributed by atoms with van der Waals surface area (Å²) in [4.78, 5) is 18.0. The van der Waals surface area contributed by atoms with Crippen LogP contribution in [0.25, 0.3) is 0 Å². The van der Waals surface area contributed by atoms with Crippen molar-refractivity contribution in [1.82, 2.24) is 9.88 Å². The lowest BCUT2D eigenvalue weighted by atomic mass is 9.90. The third-order valence-electron chi connectivity index (χ3n) is 3.72. The van der Waals surface area contributed by atoms with E-state index >= 15 is 0 Å². The average molecular weight is 307 g/mol. The van der Waals surface area contributed by atoms with Crippen LogP contribution in [0.2, 0.25) is 0 Å². The van der Waals surface area contributed by atoms with Gasteiger partial charge >= 0.3 is 6.09 Å². The van der Waals surface area contributed by atoms with Crippen LogP contribution >= 0.6 is 0 Å². The van der Waals surface area contributed by atoms with E-state index in [2.05, 4.69) is 4.98 Å². The monoisotopic (exact) mass is 307 g/mol. The van der Waals surface area contributed by atoms with Crippen LogP contribution in [0.5, 0.6) is 5.75 Å². The zero-order chi connectivity index (χ0) is 16.3. The summed E-state index contributed by atoms with van der Waals surface area (Å²) in [6.45, 7) is 6.98. The van der Waals surface area contributed by atoms with E-state index in [-0.39, 0.29) is 6.09 Å². The quantitative estimate of drug-likeness (QED) is 0.909. The molecule has 1 saturated heterocycles. The highest BCUT2D eigenvalue weighted by Crippen LogP contribution is 2.34. The Bertz CT molecular complexity index is 532. The summed E-state index contributed by atoms with van der Waals surface area (Å²) < 4.78 is 10.8. The van der Waals surface area contributed by atoms with Gasteiger partial charge in [-0.25, -0.2) is 9.78 Å². The molecule has 2 N–H and O–H groups in total. The highest BCUT2D eigenvalue weighted by molar-refractivity contribution is 5.68. The Labute approximate surface area is 131 Å². The van der Waals surface area contributed by atoms with Crippen LogP contribution in [-0.2, 0) is 4.74 Å². The number of amides is 1. The fourth-order valence-electron chi connectivity index (χ4n) is 2.65. The largest absolute Gasteiger partial charge is 0.496 e. The number of piperidine rings is 1. The number of ether oxygens (including phenoxy) is 2. The van der Waals surface area contributed by atoms with Crippen molar-refractivity contribution in [3.8, 4) is 5.75 Å². The predicted molar refractivity (Wildman–Crippen MR) is 85.0 cm³/mol. The number of carbonyl (C=O) groups is 1. The van der Waals surface area contributed by atoms with Gasteiger partial charge < -0.3 is 20.1 Å². The number of hydrogen-bond donors (Lipinski definition) is 1. The molecular weight excluding hydrogens is 282 g/mol. The summed E-state index contributed by atoms with van der Waals surface area (Å²) >= 11 is 0. The normalized spacial score (nSPS) is 16.5. The summed E-state index contributed by atoms with van der Waals surface area (Å²) in [6.07, 6.45) is 3.26. The third kappa shape index (κ3) is 4.02. The second-order valence-corrected chi connectivity index (χ2v) is 6.59. The Balaban J connectivity index is 1.99. The lowest BCUT2D eigenvalue weighted by Gasteiger charge is -2.33. The maximum Gasteiger partial charge on any atom is 0.410 e. The second kappa shape index (κ2) is 6.42. The zero-order valence-corrected chi connectivity index (χ0v) is 13.8. The highest BCUT2D eigenvalue weighted by Gasteiger charge is 2.28. The van der Waals surface area contributed by atoms with E-state index in [0.29, 0.717) is 24.8 Å². The smallest absolute Gasteiger partial charge is 0.410 e. The lowest BCUT2D eigenvalue weighted by Crippen LogP contribution is -2.41. The minimum atomic E-state index is -0.460. The van der Waals surface area contributed by atoms with Crippen molar-refractivity contribution in [3.63, 3.8) is 0 Å². The molecular formula is C16H25N3O3.